The Morgan fingerprint density at radius 2 is 2.06 bits per heavy atom. The second kappa shape index (κ2) is 5.23. The summed E-state index contributed by atoms with van der Waals surface area (Å²) in [5, 5.41) is 14.2. The molecule has 2 rings (SSSR count). The van der Waals surface area contributed by atoms with Gasteiger partial charge in [-0.15, -0.1) is 21.5 Å². The molecular formula is C12H21N3S. The van der Waals surface area contributed by atoms with Gasteiger partial charge in [0.05, 0.1) is 6.04 Å². The lowest BCUT2D eigenvalue weighted by molar-refractivity contribution is 0.263. The molecule has 0 bridgehead atoms. The summed E-state index contributed by atoms with van der Waals surface area (Å²) in [6.45, 7) is 6.56. The van der Waals surface area contributed by atoms with Crippen LogP contribution in [0.4, 0.5) is 0 Å². The highest BCUT2D eigenvalue weighted by atomic mass is 32.1. The maximum absolute atomic E-state index is 4.21. The van der Waals surface area contributed by atoms with E-state index in [0.717, 1.165) is 15.9 Å². The van der Waals surface area contributed by atoms with Crippen LogP contribution >= 0.6 is 11.3 Å². The Morgan fingerprint density at radius 3 is 2.69 bits per heavy atom. The van der Waals surface area contributed by atoms with E-state index < -0.39 is 0 Å². The Morgan fingerprint density at radius 1 is 1.31 bits per heavy atom. The highest BCUT2D eigenvalue weighted by Crippen LogP contribution is 2.26. The van der Waals surface area contributed by atoms with Gasteiger partial charge in [0.1, 0.15) is 10.0 Å². The van der Waals surface area contributed by atoms with Crippen molar-refractivity contribution >= 4 is 11.3 Å². The summed E-state index contributed by atoms with van der Waals surface area (Å²) in [6.07, 6.45) is 5.43. The molecule has 16 heavy (non-hydrogen) atoms. The monoisotopic (exact) mass is 239 g/mol. The zero-order valence-corrected chi connectivity index (χ0v) is 11.2. The van der Waals surface area contributed by atoms with Crippen molar-refractivity contribution in [3.8, 4) is 0 Å². The van der Waals surface area contributed by atoms with Gasteiger partial charge in [-0.05, 0) is 32.6 Å². The molecule has 4 heteroatoms. The Bertz CT molecular complexity index is 337. The standard InChI is InChI=1S/C12H21N3S/c1-8-6-4-5-7-11(8)13-9(2)12-15-14-10(3)16-12/h8-9,11,13H,4-7H2,1-3H3. The molecule has 90 valence electrons. The second-order valence-electron chi connectivity index (χ2n) is 4.92. The van der Waals surface area contributed by atoms with Crippen molar-refractivity contribution in [2.75, 3.05) is 0 Å². The van der Waals surface area contributed by atoms with Gasteiger partial charge in [-0.25, -0.2) is 0 Å². The van der Waals surface area contributed by atoms with E-state index in [1.165, 1.54) is 25.7 Å². The first-order valence-corrected chi connectivity index (χ1v) is 7.04. The van der Waals surface area contributed by atoms with Gasteiger partial charge in [0.2, 0.25) is 0 Å². The van der Waals surface area contributed by atoms with E-state index in [4.69, 9.17) is 0 Å². The molecule has 1 aromatic rings. The van der Waals surface area contributed by atoms with Gasteiger partial charge in [0.15, 0.2) is 0 Å². The van der Waals surface area contributed by atoms with Crippen LogP contribution in [0, 0.1) is 12.8 Å². The molecule has 3 nitrogen and oxygen atoms in total. The van der Waals surface area contributed by atoms with Crippen LogP contribution in [-0.2, 0) is 0 Å². The predicted molar refractivity (Wildman–Crippen MR) is 67.6 cm³/mol. The number of aryl methyl sites for hydroxylation is 1. The van der Waals surface area contributed by atoms with E-state index >= 15 is 0 Å². The number of aromatic nitrogens is 2. The van der Waals surface area contributed by atoms with Crippen molar-refractivity contribution in [1.29, 1.82) is 0 Å². The fourth-order valence-electron chi connectivity index (χ4n) is 2.44. The lowest BCUT2D eigenvalue weighted by Crippen LogP contribution is -2.38. The van der Waals surface area contributed by atoms with Crippen LogP contribution in [0.5, 0.6) is 0 Å². The van der Waals surface area contributed by atoms with E-state index in [0.29, 0.717) is 12.1 Å². The number of nitrogens with one attached hydrogen (secondary N) is 1. The summed E-state index contributed by atoms with van der Waals surface area (Å²) in [5.74, 6) is 0.796. The molecule has 1 N–H and O–H groups in total. The predicted octanol–water partition coefficient (Wildman–Crippen LogP) is 3.08. The topological polar surface area (TPSA) is 37.8 Å². The third-order valence-corrected chi connectivity index (χ3v) is 4.51. The quantitative estimate of drug-likeness (QED) is 0.881. The number of rotatable bonds is 3. The van der Waals surface area contributed by atoms with Crippen LogP contribution in [0.1, 0.15) is 55.6 Å². The number of nitrogens with zero attached hydrogens (tertiary/aromatic N) is 2. The highest BCUT2D eigenvalue weighted by Gasteiger charge is 2.23. The number of hydrogen-bond donors (Lipinski definition) is 1. The first-order chi connectivity index (χ1) is 7.66. The minimum atomic E-state index is 0.344. The van der Waals surface area contributed by atoms with Crippen molar-refractivity contribution in [1.82, 2.24) is 15.5 Å². The average Bonchev–Trinajstić information content (AvgIpc) is 2.68. The summed E-state index contributed by atoms with van der Waals surface area (Å²) in [7, 11) is 0. The molecule has 1 fully saturated rings. The maximum atomic E-state index is 4.21. The highest BCUT2D eigenvalue weighted by molar-refractivity contribution is 7.11. The van der Waals surface area contributed by atoms with E-state index in [9.17, 15) is 0 Å². The van der Waals surface area contributed by atoms with Crippen LogP contribution in [0.3, 0.4) is 0 Å². The van der Waals surface area contributed by atoms with Gasteiger partial charge in [-0.1, -0.05) is 19.8 Å². The Labute approximate surface area is 102 Å². The molecule has 1 saturated carbocycles. The Balaban J connectivity index is 1.93. The summed E-state index contributed by atoms with van der Waals surface area (Å²) in [4.78, 5) is 0. The maximum Gasteiger partial charge on any atom is 0.134 e. The van der Waals surface area contributed by atoms with Crippen molar-refractivity contribution in [3.63, 3.8) is 0 Å². The van der Waals surface area contributed by atoms with Gasteiger partial charge in [0, 0.05) is 6.04 Å². The largest absolute Gasteiger partial charge is 0.305 e. The summed E-state index contributed by atoms with van der Waals surface area (Å²) >= 11 is 1.70. The molecule has 1 heterocycles. The molecule has 0 amide bonds. The van der Waals surface area contributed by atoms with E-state index in [1.54, 1.807) is 11.3 Å². The summed E-state index contributed by atoms with van der Waals surface area (Å²) < 4.78 is 0. The van der Waals surface area contributed by atoms with E-state index in [-0.39, 0.29) is 0 Å². The zero-order chi connectivity index (χ0) is 11.5. The SMILES string of the molecule is Cc1nnc(C(C)NC2CCCCC2C)s1. The van der Waals surface area contributed by atoms with Crippen LogP contribution < -0.4 is 5.32 Å². The Hall–Kier alpha value is -0.480. The minimum absolute atomic E-state index is 0.344. The lowest BCUT2D eigenvalue weighted by atomic mass is 9.85. The van der Waals surface area contributed by atoms with Gasteiger partial charge in [-0.3, -0.25) is 0 Å². The first kappa shape index (κ1) is 12.0. The van der Waals surface area contributed by atoms with Crippen molar-refractivity contribution in [2.45, 2.75) is 58.5 Å². The summed E-state index contributed by atoms with van der Waals surface area (Å²) in [6, 6.07) is 1.00. The van der Waals surface area contributed by atoms with Crippen LogP contribution in [0.25, 0.3) is 0 Å². The molecule has 0 spiro atoms. The van der Waals surface area contributed by atoms with E-state index in [2.05, 4.69) is 29.4 Å². The van der Waals surface area contributed by atoms with Crippen molar-refractivity contribution in [2.24, 2.45) is 5.92 Å². The van der Waals surface area contributed by atoms with Gasteiger partial charge < -0.3 is 5.32 Å². The molecule has 0 saturated heterocycles. The Kier molecular flexibility index (Phi) is 3.92. The van der Waals surface area contributed by atoms with Crippen LogP contribution in [0.15, 0.2) is 0 Å². The lowest BCUT2D eigenvalue weighted by Gasteiger charge is -2.31. The molecule has 0 radical (unpaired) electrons. The normalized spacial score (nSPS) is 27.9. The zero-order valence-electron chi connectivity index (χ0n) is 10.4. The van der Waals surface area contributed by atoms with Gasteiger partial charge >= 0.3 is 0 Å². The fourth-order valence-corrected chi connectivity index (χ4v) is 3.15. The van der Waals surface area contributed by atoms with Crippen molar-refractivity contribution in [3.05, 3.63) is 10.0 Å². The van der Waals surface area contributed by atoms with Crippen molar-refractivity contribution < 1.29 is 0 Å². The van der Waals surface area contributed by atoms with Gasteiger partial charge in [0.25, 0.3) is 0 Å². The molecule has 0 aromatic carbocycles. The third kappa shape index (κ3) is 2.80. The molecule has 1 aromatic heterocycles. The molecular weight excluding hydrogens is 218 g/mol. The first-order valence-electron chi connectivity index (χ1n) is 6.23. The average molecular weight is 239 g/mol. The van der Waals surface area contributed by atoms with Gasteiger partial charge in [-0.2, -0.15) is 0 Å². The van der Waals surface area contributed by atoms with Crippen LogP contribution in [-0.4, -0.2) is 16.2 Å². The molecule has 1 aliphatic carbocycles. The third-order valence-electron chi connectivity index (χ3n) is 3.49. The van der Waals surface area contributed by atoms with Crippen LogP contribution in [0.2, 0.25) is 0 Å². The molecule has 1 aliphatic rings. The molecule has 3 atom stereocenters. The smallest absolute Gasteiger partial charge is 0.134 e. The second-order valence-corrected chi connectivity index (χ2v) is 6.13. The molecule has 3 unspecified atom stereocenters. The fraction of sp³-hybridized carbons (Fsp3) is 0.833. The minimum Gasteiger partial charge on any atom is -0.305 e. The molecule has 0 aliphatic heterocycles. The summed E-state index contributed by atoms with van der Waals surface area (Å²) in [5.41, 5.74) is 0. The number of hydrogen-bond acceptors (Lipinski definition) is 4. The van der Waals surface area contributed by atoms with E-state index in [1.807, 2.05) is 6.92 Å².